The number of hydrogen-bond acceptors (Lipinski definition) is 3. The Bertz CT molecular complexity index is 307. The molecule has 0 spiro atoms. The lowest BCUT2D eigenvalue weighted by atomic mass is 10.3. The summed E-state index contributed by atoms with van der Waals surface area (Å²) in [6.45, 7) is 4.75. The van der Waals surface area contributed by atoms with Gasteiger partial charge < -0.3 is 10.3 Å². The van der Waals surface area contributed by atoms with E-state index in [0.29, 0.717) is 11.4 Å². The van der Waals surface area contributed by atoms with Crippen LogP contribution in [0.5, 0.6) is 0 Å². The first-order valence-corrected chi connectivity index (χ1v) is 5.31. The van der Waals surface area contributed by atoms with Gasteiger partial charge in [0.15, 0.2) is 0 Å². The lowest BCUT2D eigenvalue weighted by Crippen LogP contribution is -2.03. The fourth-order valence-electron chi connectivity index (χ4n) is 1.14. The highest BCUT2D eigenvalue weighted by molar-refractivity contribution is 8.14. The quantitative estimate of drug-likeness (QED) is 0.808. The number of aromatic nitrogens is 1. The van der Waals surface area contributed by atoms with Gasteiger partial charge in [0.05, 0.1) is 5.56 Å². The number of thioether (sulfide) groups is 1. The summed E-state index contributed by atoms with van der Waals surface area (Å²) in [7, 11) is 0. The Kier molecular flexibility index (Phi) is 3.42. The van der Waals surface area contributed by atoms with Gasteiger partial charge in [0.2, 0.25) is 5.12 Å². The van der Waals surface area contributed by atoms with E-state index in [2.05, 4.69) is 0 Å². The Hall–Kier alpha value is -0.900. The number of rotatable bonds is 3. The molecule has 0 aliphatic carbocycles. The summed E-state index contributed by atoms with van der Waals surface area (Å²) >= 11 is 1.29. The van der Waals surface area contributed by atoms with E-state index in [4.69, 9.17) is 5.73 Å². The molecule has 1 heterocycles. The molecule has 0 saturated heterocycles. The van der Waals surface area contributed by atoms with Crippen LogP contribution in [0.2, 0.25) is 0 Å². The zero-order valence-corrected chi connectivity index (χ0v) is 8.73. The maximum Gasteiger partial charge on any atom is 0.223 e. The maximum atomic E-state index is 11.5. The predicted octanol–water partition coefficient (Wildman–Crippen LogP) is 1.98. The molecule has 3 nitrogen and oxygen atoms in total. The van der Waals surface area contributed by atoms with Crippen LogP contribution in [-0.4, -0.2) is 15.4 Å². The number of hydrogen-bond donors (Lipinski definition) is 1. The number of nitrogens with zero attached hydrogens (tertiary/aromatic N) is 1. The van der Waals surface area contributed by atoms with Crippen molar-refractivity contribution in [2.45, 2.75) is 20.4 Å². The van der Waals surface area contributed by atoms with Crippen LogP contribution >= 0.6 is 11.8 Å². The Morgan fingerprint density at radius 3 is 2.77 bits per heavy atom. The fraction of sp³-hybridized carbons (Fsp3) is 0.444. The summed E-state index contributed by atoms with van der Waals surface area (Å²) in [5.41, 5.74) is 6.41. The molecule has 0 fully saturated rings. The highest BCUT2D eigenvalue weighted by atomic mass is 32.2. The molecule has 0 radical (unpaired) electrons. The molecule has 0 aromatic carbocycles. The van der Waals surface area contributed by atoms with Crippen molar-refractivity contribution in [2.24, 2.45) is 0 Å². The van der Waals surface area contributed by atoms with Gasteiger partial charge in [-0.1, -0.05) is 18.7 Å². The molecule has 1 aromatic rings. The number of anilines is 1. The first kappa shape index (κ1) is 10.2. The van der Waals surface area contributed by atoms with Crippen LogP contribution in [-0.2, 0) is 6.54 Å². The maximum absolute atomic E-state index is 11.5. The fourth-order valence-corrected chi connectivity index (χ4v) is 1.73. The zero-order chi connectivity index (χ0) is 9.84. The van der Waals surface area contributed by atoms with E-state index < -0.39 is 0 Å². The summed E-state index contributed by atoms with van der Waals surface area (Å²) in [4.78, 5) is 11.5. The molecule has 0 unspecified atom stereocenters. The minimum atomic E-state index is 0.0622. The minimum Gasteiger partial charge on any atom is -0.384 e. The van der Waals surface area contributed by atoms with Crippen LogP contribution in [0, 0.1) is 0 Å². The van der Waals surface area contributed by atoms with Crippen molar-refractivity contribution in [1.29, 1.82) is 0 Å². The number of aryl methyl sites for hydroxylation is 1. The molecule has 0 amide bonds. The number of nitrogens with two attached hydrogens (primary N) is 1. The van der Waals surface area contributed by atoms with E-state index >= 15 is 0 Å². The second-order valence-electron chi connectivity index (χ2n) is 2.62. The molecular formula is C9H14N2OS. The van der Waals surface area contributed by atoms with Gasteiger partial charge in [-0.3, -0.25) is 4.79 Å². The van der Waals surface area contributed by atoms with E-state index in [1.165, 1.54) is 11.8 Å². The predicted molar refractivity (Wildman–Crippen MR) is 57.0 cm³/mol. The first-order valence-electron chi connectivity index (χ1n) is 4.32. The summed E-state index contributed by atoms with van der Waals surface area (Å²) in [6.07, 6.45) is 1.85. The molecule has 0 aliphatic rings. The summed E-state index contributed by atoms with van der Waals surface area (Å²) in [6, 6.07) is 1.78. The number of carbonyl (C=O) groups excluding carboxylic acids is 1. The van der Waals surface area contributed by atoms with Gasteiger partial charge in [0.1, 0.15) is 5.82 Å². The molecule has 0 aliphatic heterocycles. The molecule has 72 valence electrons. The van der Waals surface area contributed by atoms with Crippen LogP contribution in [0.1, 0.15) is 24.2 Å². The Morgan fingerprint density at radius 1 is 1.62 bits per heavy atom. The van der Waals surface area contributed by atoms with Gasteiger partial charge in [-0.05, 0) is 18.7 Å². The molecule has 0 saturated carbocycles. The second kappa shape index (κ2) is 4.37. The van der Waals surface area contributed by atoms with Gasteiger partial charge in [0, 0.05) is 12.7 Å². The third-order valence-corrected chi connectivity index (χ3v) is 2.61. The van der Waals surface area contributed by atoms with E-state index in [0.717, 1.165) is 12.3 Å². The molecule has 1 aromatic heterocycles. The normalized spacial score (nSPS) is 10.3. The minimum absolute atomic E-state index is 0.0622. The van der Waals surface area contributed by atoms with Crippen molar-refractivity contribution in [1.82, 2.24) is 4.57 Å². The molecule has 13 heavy (non-hydrogen) atoms. The van der Waals surface area contributed by atoms with Gasteiger partial charge in [0.25, 0.3) is 0 Å². The molecule has 0 atom stereocenters. The van der Waals surface area contributed by atoms with Crippen LogP contribution in [0.15, 0.2) is 12.3 Å². The molecule has 4 heteroatoms. The monoisotopic (exact) mass is 198 g/mol. The van der Waals surface area contributed by atoms with Crippen molar-refractivity contribution in [3.8, 4) is 0 Å². The molecule has 0 bridgehead atoms. The second-order valence-corrected chi connectivity index (χ2v) is 3.86. The topological polar surface area (TPSA) is 48.0 Å². The van der Waals surface area contributed by atoms with Gasteiger partial charge >= 0.3 is 0 Å². The van der Waals surface area contributed by atoms with E-state index in [1.54, 1.807) is 6.07 Å². The lowest BCUT2D eigenvalue weighted by molar-refractivity contribution is 0.109. The highest BCUT2D eigenvalue weighted by Gasteiger charge is 2.12. The van der Waals surface area contributed by atoms with Crippen molar-refractivity contribution in [2.75, 3.05) is 11.5 Å². The molecular weight excluding hydrogens is 184 g/mol. The third kappa shape index (κ3) is 2.06. The van der Waals surface area contributed by atoms with Crippen LogP contribution in [0.3, 0.4) is 0 Å². The van der Waals surface area contributed by atoms with Crippen molar-refractivity contribution < 1.29 is 4.79 Å². The van der Waals surface area contributed by atoms with Crippen LogP contribution in [0.4, 0.5) is 5.82 Å². The van der Waals surface area contributed by atoms with Crippen LogP contribution in [0.25, 0.3) is 0 Å². The first-order chi connectivity index (χ1) is 6.20. The van der Waals surface area contributed by atoms with E-state index in [9.17, 15) is 4.79 Å². The smallest absolute Gasteiger partial charge is 0.223 e. The van der Waals surface area contributed by atoms with Gasteiger partial charge in [-0.25, -0.2) is 0 Å². The van der Waals surface area contributed by atoms with Crippen molar-refractivity contribution >= 4 is 22.7 Å². The van der Waals surface area contributed by atoms with E-state index in [-0.39, 0.29) is 5.12 Å². The lowest BCUT2D eigenvalue weighted by Gasteiger charge is -2.02. The van der Waals surface area contributed by atoms with Crippen molar-refractivity contribution in [3.05, 3.63) is 17.8 Å². The molecule has 2 N–H and O–H groups in total. The van der Waals surface area contributed by atoms with E-state index in [1.807, 2.05) is 24.6 Å². The third-order valence-electron chi connectivity index (χ3n) is 1.84. The Balaban J connectivity index is 2.89. The van der Waals surface area contributed by atoms with Crippen molar-refractivity contribution in [3.63, 3.8) is 0 Å². The van der Waals surface area contributed by atoms with Crippen LogP contribution < -0.4 is 5.73 Å². The average molecular weight is 198 g/mol. The highest BCUT2D eigenvalue weighted by Crippen LogP contribution is 2.19. The Labute approximate surface area is 82.3 Å². The summed E-state index contributed by atoms with van der Waals surface area (Å²) in [5, 5.41) is 0.0622. The largest absolute Gasteiger partial charge is 0.384 e. The standard InChI is InChI=1S/C9H14N2OS/c1-3-11-6-5-7(8(11)10)9(12)13-4-2/h5-6H,3-4,10H2,1-2H3. The SMILES string of the molecule is CCSC(=O)c1ccn(CC)c1N. The van der Waals surface area contributed by atoms with Gasteiger partial charge in [-0.2, -0.15) is 0 Å². The van der Waals surface area contributed by atoms with Gasteiger partial charge in [-0.15, -0.1) is 0 Å². The average Bonchev–Trinajstić information content (AvgIpc) is 2.47. The number of nitrogen functional groups attached to an aromatic ring is 1. The number of carbonyl (C=O) groups is 1. The molecule has 1 rings (SSSR count). The summed E-state index contributed by atoms with van der Waals surface area (Å²) < 4.78 is 1.86. The Morgan fingerprint density at radius 2 is 2.31 bits per heavy atom. The summed E-state index contributed by atoms with van der Waals surface area (Å²) in [5.74, 6) is 1.36. The zero-order valence-electron chi connectivity index (χ0n) is 7.91.